The molecule has 0 saturated carbocycles. The molecule has 4 aliphatic rings. The molecular weight excluding hydrogens is 503 g/mol. The van der Waals surface area contributed by atoms with Gasteiger partial charge < -0.3 is 5.73 Å². The summed E-state index contributed by atoms with van der Waals surface area (Å²) in [6.45, 7) is 1.03. The predicted molar refractivity (Wildman–Crippen MR) is 140 cm³/mol. The third kappa shape index (κ3) is 4.96. The maximum Gasteiger partial charge on any atom is 0.237 e. The fraction of sp³-hybridized carbons (Fsp3) is 0.419. The summed E-state index contributed by atoms with van der Waals surface area (Å²) in [5, 5.41) is 0. The third-order valence-electron chi connectivity index (χ3n) is 9.01. The molecule has 204 valence electrons. The molecule has 1 aliphatic carbocycles. The number of carbonyl (C=O) groups is 2. The monoisotopic (exact) mass is 535 g/mol. The van der Waals surface area contributed by atoms with E-state index in [0.29, 0.717) is 18.2 Å². The molecule has 2 aromatic carbocycles. The number of halogens is 3. The van der Waals surface area contributed by atoms with Gasteiger partial charge in [0.05, 0.1) is 18.4 Å². The molecule has 3 saturated heterocycles. The van der Waals surface area contributed by atoms with E-state index in [1.165, 1.54) is 4.90 Å². The summed E-state index contributed by atoms with van der Waals surface area (Å²) in [5.74, 6) is -3.90. The van der Waals surface area contributed by atoms with Crippen molar-refractivity contribution in [2.75, 3.05) is 0 Å². The van der Waals surface area contributed by atoms with Crippen molar-refractivity contribution in [3.63, 3.8) is 0 Å². The van der Waals surface area contributed by atoms with Crippen LogP contribution in [-0.4, -0.2) is 39.7 Å². The Kier molecular flexibility index (Phi) is 6.93. The zero-order valence-electron chi connectivity index (χ0n) is 21.6. The molecule has 5 nitrogen and oxygen atoms in total. The summed E-state index contributed by atoms with van der Waals surface area (Å²) in [7, 11) is 0. The van der Waals surface area contributed by atoms with Gasteiger partial charge in [0.15, 0.2) is 11.6 Å². The van der Waals surface area contributed by atoms with E-state index in [9.17, 15) is 22.8 Å². The van der Waals surface area contributed by atoms with E-state index in [1.807, 2.05) is 24.3 Å². The van der Waals surface area contributed by atoms with Gasteiger partial charge in [-0.25, -0.2) is 13.2 Å². The van der Waals surface area contributed by atoms with Gasteiger partial charge in [0.25, 0.3) is 0 Å². The molecular formula is C31H32F3N3O2. The summed E-state index contributed by atoms with van der Waals surface area (Å²) in [6.07, 6.45) is 11.3. The second-order valence-electron chi connectivity index (χ2n) is 11.4. The molecule has 2 aromatic rings. The van der Waals surface area contributed by atoms with Crippen LogP contribution in [0.25, 0.3) is 0 Å². The second kappa shape index (κ2) is 10.4. The first kappa shape index (κ1) is 26.0. The van der Waals surface area contributed by atoms with Crippen molar-refractivity contribution < 1.29 is 22.8 Å². The van der Waals surface area contributed by atoms with Crippen molar-refractivity contribution in [3.8, 4) is 0 Å². The molecule has 0 spiro atoms. The number of hydrogen-bond acceptors (Lipinski definition) is 4. The number of benzene rings is 2. The number of hydrogen-bond donors (Lipinski definition) is 1. The smallest absolute Gasteiger partial charge is 0.237 e. The SMILES string of the molecule is N[C@H](Cc1cc(F)c(F)cc1F)C1CC2CCC(C1)N2Cc1cccc(CN2C(=O)C3C=CC=CC3C2=O)c1. The van der Waals surface area contributed by atoms with E-state index >= 15 is 0 Å². The van der Waals surface area contributed by atoms with Gasteiger partial charge in [-0.2, -0.15) is 0 Å². The van der Waals surface area contributed by atoms with E-state index in [4.69, 9.17) is 5.73 Å². The van der Waals surface area contributed by atoms with Gasteiger partial charge in [0.1, 0.15) is 5.82 Å². The van der Waals surface area contributed by atoms with Gasteiger partial charge in [-0.05, 0) is 60.8 Å². The molecule has 3 fully saturated rings. The molecule has 2 bridgehead atoms. The lowest BCUT2D eigenvalue weighted by atomic mass is 9.82. The number of piperidine rings is 1. The number of nitrogens with two attached hydrogens (primary N) is 1. The fourth-order valence-electron chi connectivity index (χ4n) is 6.99. The number of imide groups is 1. The molecule has 0 radical (unpaired) electrons. The number of likely N-dealkylation sites (tertiary alicyclic amines) is 1. The molecule has 2 amide bonds. The number of nitrogens with zero attached hydrogens (tertiary/aromatic N) is 2. The quantitative estimate of drug-likeness (QED) is 0.414. The van der Waals surface area contributed by atoms with Crippen LogP contribution in [0.5, 0.6) is 0 Å². The average Bonchev–Trinajstić information content (AvgIpc) is 3.28. The lowest BCUT2D eigenvalue weighted by Gasteiger charge is -2.41. The zero-order valence-corrected chi connectivity index (χ0v) is 21.6. The minimum atomic E-state index is -1.19. The number of amides is 2. The highest BCUT2D eigenvalue weighted by Crippen LogP contribution is 2.41. The average molecular weight is 536 g/mol. The Morgan fingerprint density at radius 1 is 0.821 bits per heavy atom. The first-order valence-corrected chi connectivity index (χ1v) is 13.7. The minimum Gasteiger partial charge on any atom is -0.327 e. The topological polar surface area (TPSA) is 66.6 Å². The van der Waals surface area contributed by atoms with E-state index in [0.717, 1.165) is 49.4 Å². The van der Waals surface area contributed by atoms with Crippen LogP contribution in [0.15, 0.2) is 60.7 Å². The van der Waals surface area contributed by atoms with Crippen LogP contribution in [0.2, 0.25) is 0 Å². The van der Waals surface area contributed by atoms with Crippen molar-refractivity contribution in [3.05, 3.63) is 94.8 Å². The molecule has 8 heteroatoms. The van der Waals surface area contributed by atoms with Gasteiger partial charge in [0.2, 0.25) is 11.8 Å². The first-order chi connectivity index (χ1) is 18.8. The lowest BCUT2D eigenvalue weighted by Crippen LogP contribution is -2.47. The second-order valence-corrected chi connectivity index (χ2v) is 11.4. The highest BCUT2D eigenvalue weighted by atomic mass is 19.2. The van der Waals surface area contributed by atoms with Gasteiger partial charge in [-0.3, -0.25) is 19.4 Å². The Bertz CT molecular complexity index is 1310. The van der Waals surface area contributed by atoms with Crippen molar-refractivity contribution >= 4 is 11.8 Å². The van der Waals surface area contributed by atoms with E-state index in [1.54, 1.807) is 12.2 Å². The number of allylic oxidation sites excluding steroid dienone is 2. The van der Waals surface area contributed by atoms with Crippen LogP contribution in [-0.2, 0) is 29.1 Å². The summed E-state index contributed by atoms with van der Waals surface area (Å²) < 4.78 is 41.2. The normalized spacial score (nSPS) is 28.8. The Labute approximate surface area is 226 Å². The number of fused-ring (bicyclic) bond motifs is 3. The van der Waals surface area contributed by atoms with E-state index < -0.39 is 29.3 Å². The maximum absolute atomic E-state index is 14.2. The highest BCUT2D eigenvalue weighted by molar-refractivity contribution is 6.07. The van der Waals surface area contributed by atoms with Gasteiger partial charge in [-0.1, -0.05) is 48.6 Å². The minimum absolute atomic E-state index is 0.120. The van der Waals surface area contributed by atoms with Crippen LogP contribution >= 0.6 is 0 Å². The molecule has 3 aliphatic heterocycles. The molecule has 5 atom stereocenters. The summed E-state index contributed by atoms with van der Waals surface area (Å²) in [4.78, 5) is 29.6. The van der Waals surface area contributed by atoms with Crippen molar-refractivity contribution in [1.29, 1.82) is 0 Å². The fourth-order valence-corrected chi connectivity index (χ4v) is 6.99. The van der Waals surface area contributed by atoms with Gasteiger partial charge >= 0.3 is 0 Å². The Morgan fingerprint density at radius 3 is 2.05 bits per heavy atom. The predicted octanol–water partition coefficient (Wildman–Crippen LogP) is 4.64. The lowest BCUT2D eigenvalue weighted by molar-refractivity contribution is -0.140. The van der Waals surface area contributed by atoms with Crippen LogP contribution in [0.4, 0.5) is 13.2 Å². The van der Waals surface area contributed by atoms with Crippen LogP contribution in [0.1, 0.15) is 42.4 Å². The summed E-state index contributed by atoms with van der Waals surface area (Å²) >= 11 is 0. The Balaban J connectivity index is 1.09. The highest BCUT2D eigenvalue weighted by Gasteiger charge is 2.45. The first-order valence-electron chi connectivity index (χ1n) is 13.7. The number of carbonyl (C=O) groups excluding carboxylic acids is 2. The molecule has 3 heterocycles. The maximum atomic E-state index is 14.2. The van der Waals surface area contributed by atoms with Crippen LogP contribution in [0, 0.1) is 35.2 Å². The summed E-state index contributed by atoms with van der Waals surface area (Å²) in [5.41, 5.74) is 8.66. The molecule has 39 heavy (non-hydrogen) atoms. The van der Waals surface area contributed by atoms with Gasteiger partial charge in [-0.15, -0.1) is 0 Å². The Hall–Kier alpha value is -3.23. The van der Waals surface area contributed by atoms with E-state index in [2.05, 4.69) is 17.0 Å². The molecule has 6 rings (SSSR count). The molecule has 2 N–H and O–H groups in total. The Morgan fingerprint density at radius 2 is 1.41 bits per heavy atom. The van der Waals surface area contributed by atoms with Gasteiger partial charge in [0, 0.05) is 30.7 Å². The van der Waals surface area contributed by atoms with Crippen LogP contribution < -0.4 is 5.73 Å². The van der Waals surface area contributed by atoms with Crippen LogP contribution in [0.3, 0.4) is 0 Å². The van der Waals surface area contributed by atoms with Crippen molar-refractivity contribution in [2.24, 2.45) is 23.5 Å². The molecule has 4 unspecified atom stereocenters. The summed E-state index contributed by atoms with van der Waals surface area (Å²) in [6, 6.07) is 9.96. The standard InChI is InChI=1S/C31H32F3N3O2/c32-26-15-28(34)27(33)13-20(26)14-29(35)21-11-22-8-9-23(12-21)36(22)16-18-4-3-5-19(10-18)17-37-30(38)24-6-1-2-7-25(24)31(37)39/h1-7,10,13,15,21-25,29H,8-9,11-12,14,16-17,35H2/t21?,22?,23?,24?,25?,29-/m1/s1. The van der Waals surface area contributed by atoms with Crippen molar-refractivity contribution in [2.45, 2.75) is 63.3 Å². The van der Waals surface area contributed by atoms with E-state index in [-0.39, 0.29) is 42.3 Å². The zero-order chi connectivity index (χ0) is 27.3. The largest absolute Gasteiger partial charge is 0.327 e. The number of rotatable bonds is 7. The molecule has 0 aromatic heterocycles. The van der Waals surface area contributed by atoms with Crippen molar-refractivity contribution in [1.82, 2.24) is 9.80 Å². The third-order valence-corrected chi connectivity index (χ3v) is 9.01.